The number of hydrogen-bond donors (Lipinski definition) is 3. The zero-order valence-electron chi connectivity index (χ0n) is 21.2. The molecule has 1 aromatic carbocycles. The van der Waals surface area contributed by atoms with Crippen LogP contribution in [-0.2, 0) is 19.9 Å². The molecule has 2 aliphatic heterocycles. The highest BCUT2D eigenvalue weighted by Crippen LogP contribution is 2.46. The van der Waals surface area contributed by atoms with E-state index in [0.29, 0.717) is 62.3 Å². The van der Waals surface area contributed by atoms with Crippen molar-refractivity contribution in [2.75, 3.05) is 19.6 Å². The molecule has 1 spiro atoms. The lowest BCUT2D eigenvalue weighted by molar-refractivity contribution is -0.155. The lowest BCUT2D eigenvalue weighted by Crippen LogP contribution is -2.60. The number of rotatable bonds is 5. The van der Waals surface area contributed by atoms with E-state index in [1.807, 2.05) is 26.0 Å². The van der Waals surface area contributed by atoms with E-state index >= 15 is 0 Å². The largest absolute Gasteiger partial charge is 0.443 e. The maximum Gasteiger partial charge on any atom is 0.407 e. The molecule has 1 saturated carbocycles. The number of halogens is 1. The Bertz CT molecular complexity index is 1060. The van der Waals surface area contributed by atoms with E-state index in [4.69, 9.17) is 16.3 Å². The van der Waals surface area contributed by atoms with Gasteiger partial charge in [0, 0.05) is 42.4 Å². The van der Waals surface area contributed by atoms with Gasteiger partial charge in [-0.3, -0.25) is 9.59 Å². The van der Waals surface area contributed by atoms with Gasteiger partial charge < -0.3 is 25.4 Å². The summed E-state index contributed by atoms with van der Waals surface area (Å²) in [6, 6.07) is 6.31. The van der Waals surface area contributed by atoms with Crippen molar-refractivity contribution in [1.82, 2.24) is 15.5 Å². The van der Waals surface area contributed by atoms with Crippen LogP contribution in [0.5, 0.6) is 0 Å². The fourth-order valence-electron chi connectivity index (χ4n) is 5.92. The van der Waals surface area contributed by atoms with Gasteiger partial charge in [0.05, 0.1) is 5.60 Å². The highest BCUT2D eigenvalue weighted by Gasteiger charge is 2.51. The molecular weight excluding hydrogens is 482 g/mol. The minimum atomic E-state index is -1.12. The number of likely N-dealkylation sites (tertiary alicyclic amines) is 1. The van der Waals surface area contributed by atoms with Crippen molar-refractivity contribution in [3.05, 3.63) is 47.0 Å². The molecule has 8 nitrogen and oxygen atoms in total. The second kappa shape index (κ2) is 9.71. The van der Waals surface area contributed by atoms with Gasteiger partial charge in [0.25, 0.3) is 0 Å². The van der Waals surface area contributed by atoms with Crippen LogP contribution >= 0.6 is 11.6 Å². The van der Waals surface area contributed by atoms with E-state index in [2.05, 4.69) is 17.2 Å². The first kappa shape index (κ1) is 26.5. The minimum absolute atomic E-state index is 0.225. The van der Waals surface area contributed by atoms with E-state index in [0.717, 1.165) is 5.56 Å². The lowest BCUT2D eigenvalue weighted by Gasteiger charge is -2.51. The molecule has 9 heteroatoms. The van der Waals surface area contributed by atoms with Gasteiger partial charge >= 0.3 is 6.09 Å². The van der Waals surface area contributed by atoms with Crippen molar-refractivity contribution in [3.63, 3.8) is 0 Å². The van der Waals surface area contributed by atoms with Crippen molar-refractivity contribution >= 4 is 29.5 Å². The van der Waals surface area contributed by atoms with Crippen molar-refractivity contribution in [3.8, 4) is 0 Å². The van der Waals surface area contributed by atoms with Gasteiger partial charge in [-0.15, -0.1) is 0 Å². The molecule has 4 rings (SSSR count). The van der Waals surface area contributed by atoms with Crippen molar-refractivity contribution in [2.24, 2.45) is 11.3 Å². The highest BCUT2D eigenvalue weighted by molar-refractivity contribution is 6.30. The first-order chi connectivity index (χ1) is 16.9. The summed E-state index contributed by atoms with van der Waals surface area (Å²) in [6.45, 7) is 10.8. The zero-order chi connectivity index (χ0) is 26.3. The van der Waals surface area contributed by atoms with Gasteiger partial charge in [0.1, 0.15) is 11.6 Å². The first-order valence-corrected chi connectivity index (χ1v) is 12.9. The molecule has 0 aromatic heterocycles. The summed E-state index contributed by atoms with van der Waals surface area (Å²) in [5.74, 6) is -0.793. The summed E-state index contributed by atoms with van der Waals surface area (Å²) in [6.07, 6.45) is 2.27. The second-order valence-electron chi connectivity index (χ2n) is 11.2. The molecule has 3 N–H and O–H groups in total. The van der Waals surface area contributed by atoms with Gasteiger partial charge in [-0.2, -0.15) is 0 Å². The molecule has 1 aromatic rings. The number of ether oxygens (including phenoxy) is 1. The predicted molar refractivity (Wildman–Crippen MR) is 136 cm³/mol. The monoisotopic (exact) mass is 517 g/mol. The van der Waals surface area contributed by atoms with Gasteiger partial charge in [-0.1, -0.05) is 44.2 Å². The zero-order valence-corrected chi connectivity index (χ0v) is 22.0. The molecule has 0 bridgehead atoms. The van der Waals surface area contributed by atoms with E-state index in [1.165, 1.54) is 0 Å². The Hall–Kier alpha value is -2.58. The fraction of sp³-hybridized carbons (Fsp3) is 0.593. The van der Waals surface area contributed by atoms with Crippen LogP contribution in [0.1, 0.15) is 58.4 Å². The molecule has 196 valence electrons. The Balaban J connectivity index is 1.43. The van der Waals surface area contributed by atoms with Crippen LogP contribution in [0.15, 0.2) is 36.4 Å². The van der Waals surface area contributed by atoms with Crippen LogP contribution in [0, 0.1) is 11.3 Å². The quantitative estimate of drug-likeness (QED) is 0.518. The van der Waals surface area contributed by atoms with Crippen LogP contribution in [-0.4, -0.2) is 59.2 Å². The summed E-state index contributed by atoms with van der Waals surface area (Å²) in [7, 11) is 0. The topological polar surface area (TPSA) is 108 Å². The summed E-state index contributed by atoms with van der Waals surface area (Å²) in [5.41, 5.74) is -1.06. The SMILES string of the molecule is C=C(C)C(NC(=O)C1CCC2(CCNC(=O)O2)C1)C(=O)N1CCC(O)(c2ccc(Cl)cc2)C(C)(C)C1. The predicted octanol–water partition coefficient (Wildman–Crippen LogP) is 3.52. The molecule has 0 radical (unpaired) electrons. The summed E-state index contributed by atoms with van der Waals surface area (Å²) in [5, 5.41) is 17.8. The average Bonchev–Trinajstić information content (AvgIpc) is 3.21. The molecule has 3 fully saturated rings. The van der Waals surface area contributed by atoms with Gasteiger partial charge in [0.2, 0.25) is 11.8 Å². The molecular formula is C27H36ClN3O5. The van der Waals surface area contributed by atoms with Gasteiger partial charge in [-0.05, 0) is 55.9 Å². The minimum Gasteiger partial charge on any atom is -0.443 e. The third kappa shape index (κ3) is 4.98. The van der Waals surface area contributed by atoms with Crippen LogP contribution < -0.4 is 10.6 Å². The third-order valence-corrected chi connectivity index (χ3v) is 8.46. The van der Waals surface area contributed by atoms with Crippen molar-refractivity contribution < 1.29 is 24.2 Å². The summed E-state index contributed by atoms with van der Waals surface area (Å²) < 4.78 is 5.54. The van der Waals surface area contributed by atoms with Gasteiger partial charge in [-0.25, -0.2) is 4.79 Å². The number of nitrogens with one attached hydrogen (secondary N) is 2. The van der Waals surface area contributed by atoms with Crippen LogP contribution in [0.2, 0.25) is 5.02 Å². The summed E-state index contributed by atoms with van der Waals surface area (Å²) >= 11 is 6.03. The second-order valence-corrected chi connectivity index (χ2v) is 11.7. The highest BCUT2D eigenvalue weighted by atomic mass is 35.5. The molecule has 2 saturated heterocycles. The molecule has 4 atom stereocenters. The van der Waals surface area contributed by atoms with E-state index < -0.39 is 28.8 Å². The fourth-order valence-corrected chi connectivity index (χ4v) is 6.05. The first-order valence-electron chi connectivity index (χ1n) is 12.6. The average molecular weight is 518 g/mol. The maximum absolute atomic E-state index is 13.6. The number of nitrogens with zero attached hydrogens (tertiary/aromatic N) is 1. The standard InChI is InChI=1S/C27H36ClN3O5/c1-17(2)21(30-22(32)18-9-10-26(15-18)11-13-29-24(34)36-26)23(33)31-14-12-27(35,25(3,4)16-31)19-5-7-20(28)8-6-19/h5-8,18,21,35H,1,9-16H2,2-4H3,(H,29,34)(H,30,32). The molecule has 36 heavy (non-hydrogen) atoms. The smallest absolute Gasteiger partial charge is 0.407 e. The van der Waals surface area contributed by atoms with Crippen LogP contribution in [0.25, 0.3) is 0 Å². The van der Waals surface area contributed by atoms with E-state index in [-0.39, 0.29) is 17.7 Å². The number of benzene rings is 1. The van der Waals surface area contributed by atoms with Crippen molar-refractivity contribution in [1.29, 1.82) is 0 Å². The molecule has 2 heterocycles. The third-order valence-electron chi connectivity index (χ3n) is 8.21. The number of amides is 3. The van der Waals surface area contributed by atoms with E-state index in [1.54, 1.807) is 24.0 Å². The molecule has 4 unspecified atom stereocenters. The number of alkyl carbamates (subject to hydrolysis) is 1. The van der Waals surface area contributed by atoms with E-state index in [9.17, 15) is 19.5 Å². The van der Waals surface area contributed by atoms with Crippen LogP contribution in [0.3, 0.4) is 0 Å². The Kier molecular flexibility index (Phi) is 7.14. The maximum atomic E-state index is 13.6. The normalized spacial score (nSPS) is 30.3. The Morgan fingerprint density at radius 3 is 2.56 bits per heavy atom. The Labute approximate surface area is 217 Å². The number of aliphatic hydroxyl groups is 1. The number of carbonyl (C=O) groups excluding carboxylic acids is 3. The molecule has 3 aliphatic rings. The Morgan fingerprint density at radius 1 is 1.25 bits per heavy atom. The summed E-state index contributed by atoms with van der Waals surface area (Å²) in [4.78, 5) is 40.2. The van der Waals surface area contributed by atoms with Crippen molar-refractivity contribution in [2.45, 2.75) is 70.1 Å². The number of carbonyl (C=O) groups is 3. The van der Waals surface area contributed by atoms with Gasteiger partial charge in [0.15, 0.2) is 0 Å². The number of hydrogen-bond acceptors (Lipinski definition) is 5. The van der Waals surface area contributed by atoms with Crippen LogP contribution in [0.4, 0.5) is 4.79 Å². The molecule has 3 amide bonds. The number of piperidine rings is 1. The Morgan fingerprint density at radius 2 is 1.94 bits per heavy atom. The molecule has 1 aliphatic carbocycles. The lowest BCUT2D eigenvalue weighted by atomic mass is 9.66.